The van der Waals surface area contributed by atoms with Crippen LogP contribution in [-0.2, 0) is 9.53 Å². The molecule has 0 bridgehead atoms. The first-order chi connectivity index (χ1) is 10.6. The van der Waals surface area contributed by atoms with Crippen LogP contribution in [0.15, 0.2) is 22.0 Å². The van der Waals surface area contributed by atoms with Crippen LogP contribution in [0.5, 0.6) is 0 Å². The highest BCUT2D eigenvalue weighted by Crippen LogP contribution is 2.48. The first-order valence-corrected chi connectivity index (χ1v) is 9.62. The summed E-state index contributed by atoms with van der Waals surface area (Å²) in [5.41, 5.74) is 0. The van der Waals surface area contributed by atoms with Crippen molar-refractivity contribution in [1.82, 2.24) is 14.8 Å². The molecule has 1 fully saturated rings. The zero-order valence-electron chi connectivity index (χ0n) is 12.3. The molecule has 2 heterocycles. The summed E-state index contributed by atoms with van der Waals surface area (Å²) in [5.74, 6) is 0.465. The van der Waals surface area contributed by atoms with Crippen LogP contribution in [-0.4, -0.2) is 32.6 Å². The van der Waals surface area contributed by atoms with Crippen LogP contribution < -0.4 is 0 Å². The first-order valence-electron chi connectivity index (χ1n) is 7.13. The van der Waals surface area contributed by atoms with Crippen molar-refractivity contribution >= 4 is 45.0 Å². The van der Waals surface area contributed by atoms with Gasteiger partial charge in [0.25, 0.3) is 0 Å². The van der Waals surface area contributed by atoms with Crippen LogP contribution in [0.3, 0.4) is 0 Å². The Kier molecular flexibility index (Phi) is 4.89. The van der Waals surface area contributed by atoms with E-state index < -0.39 is 0 Å². The Morgan fingerprint density at radius 3 is 3.09 bits per heavy atom. The van der Waals surface area contributed by atoms with Crippen LogP contribution in [0.1, 0.15) is 37.5 Å². The van der Waals surface area contributed by atoms with E-state index in [0.29, 0.717) is 17.7 Å². The number of thioether (sulfide) groups is 1. The fourth-order valence-electron chi connectivity index (χ4n) is 2.03. The molecule has 5 nitrogen and oxygen atoms in total. The third-order valence-electron chi connectivity index (χ3n) is 3.30. The van der Waals surface area contributed by atoms with Crippen LogP contribution >= 0.6 is 39.0 Å². The van der Waals surface area contributed by atoms with Gasteiger partial charge in [-0.15, -0.1) is 21.5 Å². The largest absolute Gasteiger partial charge is 0.465 e. The molecule has 2 aromatic rings. The maximum absolute atomic E-state index is 11.8. The molecule has 8 heteroatoms. The Balaban J connectivity index is 1.80. The number of hydrogen-bond donors (Lipinski definition) is 0. The molecule has 0 N–H and O–H groups in total. The summed E-state index contributed by atoms with van der Waals surface area (Å²) in [4.78, 5) is 13.2. The van der Waals surface area contributed by atoms with E-state index in [0.717, 1.165) is 9.47 Å². The lowest BCUT2D eigenvalue weighted by molar-refractivity contribution is -0.142. The highest BCUT2D eigenvalue weighted by molar-refractivity contribution is 9.10. The second kappa shape index (κ2) is 6.72. The molecule has 0 spiro atoms. The van der Waals surface area contributed by atoms with Gasteiger partial charge in [-0.25, -0.2) is 0 Å². The Hall–Kier alpha value is -0.860. The van der Waals surface area contributed by atoms with Crippen molar-refractivity contribution in [2.75, 3.05) is 6.61 Å². The molecule has 0 aliphatic heterocycles. The monoisotopic (exact) mass is 401 g/mol. The zero-order chi connectivity index (χ0) is 15.7. The number of carbonyl (C=O) groups excluding carboxylic acids is 1. The quantitative estimate of drug-likeness (QED) is 0.540. The number of hydrogen-bond acceptors (Lipinski definition) is 6. The molecule has 1 saturated carbocycles. The van der Waals surface area contributed by atoms with Crippen molar-refractivity contribution < 1.29 is 9.53 Å². The minimum absolute atomic E-state index is 0.229. The summed E-state index contributed by atoms with van der Waals surface area (Å²) < 4.78 is 8.12. The van der Waals surface area contributed by atoms with E-state index in [1.807, 2.05) is 11.5 Å². The Morgan fingerprint density at radius 2 is 2.41 bits per heavy atom. The highest BCUT2D eigenvalue weighted by atomic mass is 79.9. The van der Waals surface area contributed by atoms with Crippen LogP contribution in [0.2, 0.25) is 0 Å². The van der Waals surface area contributed by atoms with E-state index in [1.165, 1.54) is 29.5 Å². The van der Waals surface area contributed by atoms with E-state index in [2.05, 4.69) is 32.2 Å². The molecule has 1 aliphatic carbocycles. The Morgan fingerprint density at radius 1 is 1.64 bits per heavy atom. The smallest absolute Gasteiger partial charge is 0.319 e. The number of nitrogens with zero attached hydrogens (tertiary/aromatic N) is 3. The van der Waals surface area contributed by atoms with Gasteiger partial charge < -0.3 is 4.74 Å². The Bertz CT molecular complexity index is 681. The van der Waals surface area contributed by atoms with Gasteiger partial charge in [0.2, 0.25) is 0 Å². The number of halogens is 1. The molecule has 1 unspecified atom stereocenters. The van der Waals surface area contributed by atoms with Gasteiger partial charge in [-0.1, -0.05) is 11.8 Å². The number of esters is 1. The lowest BCUT2D eigenvalue weighted by Gasteiger charge is -2.09. The van der Waals surface area contributed by atoms with Crippen molar-refractivity contribution in [1.29, 1.82) is 0 Å². The van der Waals surface area contributed by atoms with E-state index in [-0.39, 0.29) is 11.2 Å². The minimum atomic E-state index is -0.311. The van der Waals surface area contributed by atoms with Gasteiger partial charge in [-0.2, -0.15) is 0 Å². The number of ether oxygens (including phenoxy) is 1. The topological polar surface area (TPSA) is 57.0 Å². The molecule has 22 heavy (non-hydrogen) atoms. The molecule has 0 aromatic carbocycles. The summed E-state index contributed by atoms with van der Waals surface area (Å²) in [7, 11) is 0. The highest BCUT2D eigenvalue weighted by Gasteiger charge is 2.28. The van der Waals surface area contributed by atoms with Crippen molar-refractivity contribution in [3.8, 4) is 5.00 Å². The van der Waals surface area contributed by atoms with Gasteiger partial charge in [-0.05, 0) is 54.6 Å². The summed E-state index contributed by atoms with van der Waals surface area (Å²) in [6.45, 7) is 4.01. The van der Waals surface area contributed by atoms with Gasteiger partial charge in [0.1, 0.15) is 16.6 Å². The predicted octanol–water partition coefficient (Wildman–Crippen LogP) is 4.01. The molecule has 0 radical (unpaired) electrons. The van der Waals surface area contributed by atoms with E-state index in [4.69, 9.17) is 4.74 Å². The van der Waals surface area contributed by atoms with Crippen LogP contribution in [0.4, 0.5) is 0 Å². The van der Waals surface area contributed by atoms with E-state index in [9.17, 15) is 4.79 Å². The SMILES string of the molecule is CCOC(=O)C(C)Sc1nncn1-c1cc(Br)c(C2CC2)s1. The molecule has 0 amide bonds. The standard InChI is InChI=1S/C14H16BrN3O2S2/c1-3-20-13(19)8(2)21-14-17-16-7-18(14)11-6-10(15)12(22-11)9-4-5-9/h6-9H,3-5H2,1-2H3. The summed E-state index contributed by atoms with van der Waals surface area (Å²) in [6.07, 6.45) is 4.22. The van der Waals surface area contributed by atoms with Crippen molar-refractivity contribution in [2.24, 2.45) is 0 Å². The van der Waals surface area contributed by atoms with Gasteiger partial charge in [0.15, 0.2) is 5.16 Å². The van der Waals surface area contributed by atoms with E-state index in [1.54, 1.807) is 24.6 Å². The fourth-order valence-corrected chi connectivity index (χ4v) is 5.05. The van der Waals surface area contributed by atoms with Crippen LogP contribution in [0.25, 0.3) is 5.00 Å². The first kappa shape index (κ1) is 16.0. The summed E-state index contributed by atoms with van der Waals surface area (Å²) in [5, 5.41) is 9.58. The normalized spacial score (nSPS) is 15.8. The maximum Gasteiger partial charge on any atom is 0.319 e. The average Bonchev–Trinajstić information content (AvgIpc) is 3.10. The van der Waals surface area contributed by atoms with Gasteiger partial charge in [-0.3, -0.25) is 9.36 Å². The minimum Gasteiger partial charge on any atom is -0.465 e. The molecule has 118 valence electrons. The number of rotatable bonds is 6. The number of thiophene rings is 1. The summed E-state index contributed by atoms with van der Waals surface area (Å²) in [6, 6.07) is 2.10. The zero-order valence-corrected chi connectivity index (χ0v) is 15.5. The summed E-state index contributed by atoms with van der Waals surface area (Å²) >= 11 is 6.76. The second-order valence-electron chi connectivity index (χ2n) is 5.07. The van der Waals surface area contributed by atoms with Gasteiger partial charge >= 0.3 is 5.97 Å². The second-order valence-corrected chi connectivity index (χ2v) is 8.29. The molecule has 0 saturated heterocycles. The number of carbonyl (C=O) groups is 1. The van der Waals surface area contributed by atoms with Gasteiger partial charge in [0, 0.05) is 9.35 Å². The van der Waals surface area contributed by atoms with Gasteiger partial charge in [0.05, 0.1) is 6.61 Å². The fraction of sp³-hybridized carbons (Fsp3) is 0.500. The lowest BCUT2D eigenvalue weighted by Crippen LogP contribution is -2.17. The molecule has 2 aromatic heterocycles. The average molecular weight is 402 g/mol. The lowest BCUT2D eigenvalue weighted by atomic mass is 10.3. The third-order valence-corrected chi connectivity index (χ3v) is 6.55. The molecule has 3 rings (SSSR count). The molecule has 1 atom stereocenters. The van der Waals surface area contributed by atoms with Crippen LogP contribution in [0, 0.1) is 0 Å². The Labute approximate surface area is 145 Å². The van der Waals surface area contributed by atoms with Crippen molar-refractivity contribution in [3.05, 3.63) is 21.7 Å². The van der Waals surface area contributed by atoms with Crippen molar-refractivity contribution in [3.63, 3.8) is 0 Å². The van der Waals surface area contributed by atoms with Crippen molar-refractivity contribution in [2.45, 2.75) is 43.0 Å². The molecular weight excluding hydrogens is 386 g/mol. The third kappa shape index (κ3) is 3.38. The molecule has 1 aliphatic rings. The van der Waals surface area contributed by atoms with E-state index >= 15 is 0 Å². The maximum atomic E-state index is 11.8. The number of aromatic nitrogens is 3. The molecular formula is C14H16BrN3O2S2. The predicted molar refractivity (Wildman–Crippen MR) is 90.9 cm³/mol.